The Labute approximate surface area is 170 Å². The van der Waals surface area contributed by atoms with Gasteiger partial charge in [-0.1, -0.05) is 36.4 Å². The van der Waals surface area contributed by atoms with Crippen molar-refractivity contribution in [2.24, 2.45) is 0 Å². The quantitative estimate of drug-likeness (QED) is 0.800. The van der Waals surface area contributed by atoms with E-state index in [0.717, 1.165) is 11.1 Å². The van der Waals surface area contributed by atoms with E-state index >= 15 is 0 Å². The number of rotatable bonds is 4. The molecule has 152 valence electrons. The molecule has 0 N–H and O–H groups in total. The highest BCUT2D eigenvalue weighted by molar-refractivity contribution is 5.99. The minimum Gasteiger partial charge on any atom is -0.340 e. The van der Waals surface area contributed by atoms with Gasteiger partial charge in [-0.05, 0) is 36.6 Å². The summed E-state index contributed by atoms with van der Waals surface area (Å²) in [5, 5.41) is 0. The van der Waals surface area contributed by atoms with Crippen LogP contribution in [0.5, 0.6) is 0 Å². The summed E-state index contributed by atoms with van der Waals surface area (Å²) in [4.78, 5) is 31.1. The lowest BCUT2D eigenvalue weighted by molar-refractivity contribution is -0.133. The van der Waals surface area contributed by atoms with E-state index in [-0.39, 0.29) is 23.7 Å². The van der Waals surface area contributed by atoms with Gasteiger partial charge in [-0.2, -0.15) is 0 Å². The van der Waals surface area contributed by atoms with E-state index in [4.69, 9.17) is 0 Å². The van der Waals surface area contributed by atoms with Crippen LogP contribution < -0.4 is 4.90 Å². The Morgan fingerprint density at radius 1 is 1.00 bits per heavy atom. The molecule has 0 aromatic heterocycles. The molecule has 0 aliphatic carbocycles. The van der Waals surface area contributed by atoms with Crippen molar-refractivity contribution in [1.29, 1.82) is 0 Å². The van der Waals surface area contributed by atoms with Gasteiger partial charge in [0, 0.05) is 32.7 Å². The van der Waals surface area contributed by atoms with Crippen molar-refractivity contribution < 1.29 is 14.0 Å². The number of nitrogens with zero attached hydrogens (tertiary/aromatic N) is 3. The Kier molecular flexibility index (Phi) is 5.62. The zero-order valence-corrected chi connectivity index (χ0v) is 16.7. The van der Waals surface area contributed by atoms with E-state index < -0.39 is 0 Å². The first-order chi connectivity index (χ1) is 14.0. The normalized spacial score (nSPS) is 20.3. The molecule has 2 amide bonds. The van der Waals surface area contributed by atoms with Crippen molar-refractivity contribution in [2.75, 3.05) is 37.6 Å². The molecule has 4 rings (SSSR count). The van der Waals surface area contributed by atoms with Crippen LogP contribution in [0.3, 0.4) is 0 Å². The second-order valence-electron chi connectivity index (χ2n) is 7.77. The topological polar surface area (TPSA) is 43.9 Å². The first kappa shape index (κ1) is 19.6. The molecule has 1 unspecified atom stereocenters. The number of carbonyl (C=O) groups is 2. The molecule has 2 fully saturated rings. The maximum atomic E-state index is 14.1. The molecule has 2 aromatic rings. The molecule has 1 atom stereocenters. The maximum Gasteiger partial charge on any atom is 0.244 e. The number of aryl methyl sites for hydroxylation is 1. The van der Waals surface area contributed by atoms with Crippen LogP contribution in [-0.4, -0.2) is 60.4 Å². The lowest BCUT2D eigenvalue weighted by Gasteiger charge is -2.37. The average molecular weight is 395 g/mol. The fourth-order valence-corrected chi connectivity index (χ4v) is 4.28. The Balaban J connectivity index is 1.34. The second-order valence-corrected chi connectivity index (χ2v) is 7.77. The molecule has 0 radical (unpaired) electrons. The molecule has 0 bridgehead atoms. The predicted molar refractivity (Wildman–Crippen MR) is 110 cm³/mol. The number of amides is 2. The number of anilines is 1. The Hall–Kier alpha value is -2.73. The van der Waals surface area contributed by atoms with Gasteiger partial charge >= 0.3 is 0 Å². The highest BCUT2D eigenvalue weighted by Gasteiger charge is 2.38. The van der Waals surface area contributed by atoms with E-state index in [1.807, 2.05) is 36.1 Å². The average Bonchev–Trinajstić information content (AvgIpc) is 3.11. The van der Waals surface area contributed by atoms with E-state index in [2.05, 4.69) is 4.90 Å². The number of piperazine rings is 1. The number of hydrogen-bond donors (Lipinski definition) is 0. The highest BCUT2D eigenvalue weighted by Crippen LogP contribution is 2.27. The molecular formula is C23H26FN3O2. The summed E-state index contributed by atoms with van der Waals surface area (Å²) in [7, 11) is 0. The third-order valence-electron chi connectivity index (χ3n) is 6.03. The monoisotopic (exact) mass is 395 g/mol. The summed E-state index contributed by atoms with van der Waals surface area (Å²) in [5.41, 5.74) is 2.54. The van der Waals surface area contributed by atoms with Crippen LogP contribution in [0.15, 0.2) is 48.5 Å². The highest BCUT2D eigenvalue weighted by atomic mass is 19.1. The van der Waals surface area contributed by atoms with Crippen LogP contribution in [0.1, 0.15) is 17.5 Å². The van der Waals surface area contributed by atoms with Crippen molar-refractivity contribution in [2.45, 2.75) is 25.8 Å². The number of benzene rings is 2. The Bertz CT molecular complexity index is 909. The van der Waals surface area contributed by atoms with Gasteiger partial charge in [0.1, 0.15) is 5.82 Å². The first-order valence-corrected chi connectivity index (χ1v) is 10.2. The molecule has 2 aromatic carbocycles. The maximum absolute atomic E-state index is 14.1. The molecule has 2 aliphatic heterocycles. The van der Waals surface area contributed by atoms with Gasteiger partial charge in [0.25, 0.3) is 0 Å². The molecular weight excluding hydrogens is 369 g/mol. The number of halogens is 1. The summed E-state index contributed by atoms with van der Waals surface area (Å²) in [6, 6.07) is 14.1. The SMILES string of the molecule is Cc1ccccc1CC(=O)N1CCN(C2CCN(c3ccccc3F)C2=O)CC1. The molecule has 5 nitrogen and oxygen atoms in total. The van der Waals surface area contributed by atoms with Crippen LogP contribution >= 0.6 is 0 Å². The third-order valence-corrected chi connectivity index (χ3v) is 6.03. The van der Waals surface area contributed by atoms with Gasteiger partial charge in [0.05, 0.1) is 18.2 Å². The summed E-state index contributed by atoms with van der Waals surface area (Å²) in [6.45, 7) is 5.12. The fourth-order valence-electron chi connectivity index (χ4n) is 4.28. The Morgan fingerprint density at radius 2 is 1.69 bits per heavy atom. The fraction of sp³-hybridized carbons (Fsp3) is 0.391. The van der Waals surface area contributed by atoms with E-state index in [1.165, 1.54) is 6.07 Å². The molecule has 2 saturated heterocycles. The van der Waals surface area contributed by atoms with E-state index in [0.29, 0.717) is 51.3 Å². The summed E-state index contributed by atoms with van der Waals surface area (Å²) >= 11 is 0. The molecule has 0 saturated carbocycles. The van der Waals surface area contributed by atoms with Crippen LogP contribution in [0, 0.1) is 12.7 Å². The molecule has 6 heteroatoms. The van der Waals surface area contributed by atoms with Crippen molar-refractivity contribution >= 4 is 17.5 Å². The summed E-state index contributed by atoms with van der Waals surface area (Å²) in [5.74, 6) is -0.285. The second kappa shape index (κ2) is 8.33. The van der Waals surface area contributed by atoms with E-state index in [1.54, 1.807) is 23.1 Å². The lowest BCUT2D eigenvalue weighted by atomic mass is 10.0. The molecule has 29 heavy (non-hydrogen) atoms. The smallest absolute Gasteiger partial charge is 0.244 e. The van der Waals surface area contributed by atoms with Crippen molar-refractivity contribution in [3.8, 4) is 0 Å². The van der Waals surface area contributed by atoms with Gasteiger partial charge < -0.3 is 9.80 Å². The van der Waals surface area contributed by atoms with E-state index in [9.17, 15) is 14.0 Å². The van der Waals surface area contributed by atoms with Gasteiger partial charge in [-0.15, -0.1) is 0 Å². The summed E-state index contributed by atoms with van der Waals surface area (Å²) < 4.78 is 14.1. The first-order valence-electron chi connectivity index (χ1n) is 10.2. The zero-order chi connectivity index (χ0) is 20.4. The number of para-hydroxylation sites is 1. The van der Waals surface area contributed by atoms with Crippen LogP contribution in [-0.2, 0) is 16.0 Å². The van der Waals surface area contributed by atoms with Crippen LogP contribution in [0.2, 0.25) is 0 Å². The molecule has 2 heterocycles. The molecule has 0 spiro atoms. The van der Waals surface area contributed by atoms with Gasteiger partial charge in [0.2, 0.25) is 11.8 Å². The van der Waals surface area contributed by atoms with Crippen LogP contribution in [0.25, 0.3) is 0 Å². The van der Waals surface area contributed by atoms with Crippen molar-refractivity contribution in [3.63, 3.8) is 0 Å². The lowest BCUT2D eigenvalue weighted by Crippen LogP contribution is -2.54. The van der Waals surface area contributed by atoms with Crippen molar-refractivity contribution in [3.05, 3.63) is 65.5 Å². The third kappa shape index (κ3) is 4.03. The minimum absolute atomic E-state index is 0.0465. The van der Waals surface area contributed by atoms with Crippen molar-refractivity contribution in [1.82, 2.24) is 9.80 Å². The summed E-state index contributed by atoms with van der Waals surface area (Å²) in [6.07, 6.45) is 1.10. The minimum atomic E-state index is -0.367. The predicted octanol–water partition coefficient (Wildman–Crippen LogP) is 2.63. The Morgan fingerprint density at radius 3 is 2.41 bits per heavy atom. The number of hydrogen-bond acceptors (Lipinski definition) is 3. The standard InChI is InChI=1S/C23H26FN3O2/c1-17-6-2-3-7-18(17)16-22(28)26-14-12-25(13-15-26)21-10-11-27(23(21)29)20-9-5-4-8-19(20)24/h2-9,21H,10-16H2,1H3. The van der Waals surface area contributed by atoms with Crippen LogP contribution in [0.4, 0.5) is 10.1 Å². The largest absolute Gasteiger partial charge is 0.340 e. The van der Waals surface area contributed by atoms with Gasteiger partial charge in [-0.3, -0.25) is 14.5 Å². The van der Waals surface area contributed by atoms with Gasteiger partial charge in [0.15, 0.2) is 0 Å². The zero-order valence-electron chi connectivity index (χ0n) is 16.7. The number of carbonyl (C=O) groups excluding carboxylic acids is 2. The molecule has 2 aliphatic rings. The van der Waals surface area contributed by atoms with Gasteiger partial charge in [-0.25, -0.2) is 4.39 Å².